The number of aromatic hydroxyl groups is 1. The minimum atomic E-state index is -0.861. The second kappa shape index (κ2) is 20.0. The number of likely N-dealkylation sites (N-methyl/N-ethyl adjacent to an activating group) is 1. The van der Waals surface area contributed by atoms with E-state index >= 15 is 0 Å². The minimum absolute atomic E-state index is 0.0102. The molecule has 0 bridgehead atoms. The summed E-state index contributed by atoms with van der Waals surface area (Å²) in [6, 6.07) is 32.6. The predicted octanol–water partition coefficient (Wildman–Crippen LogP) is 6.13. The molecule has 12 heteroatoms. The van der Waals surface area contributed by atoms with Crippen molar-refractivity contribution in [3.63, 3.8) is 0 Å². The number of carbonyl (C=O) groups excluding carboxylic acids is 2. The Kier molecular flexibility index (Phi) is 14.1. The smallest absolute Gasteiger partial charge is 0.411 e. The van der Waals surface area contributed by atoms with Crippen LogP contribution in [0.5, 0.6) is 5.75 Å². The summed E-state index contributed by atoms with van der Waals surface area (Å²) in [6.07, 6.45) is 2.59. The van der Waals surface area contributed by atoms with E-state index < -0.39 is 6.10 Å². The fourth-order valence-corrected chi connectivity index (χ4v) is 8.44. The van der Waals surface area contributed by atoms with Gasteiger partial charge in [0.25, 0.3) is 0 Å². The van der Waals surface area contributed by atoms with Gasteiger partial charge in [-0.15, -0.1) is 0 Å². The summed E-state index contributed by atoms with van der Waals surface area (Å²) < 4.78 is 11.7. The number of nitrogens with zero attached hydrogens (tertiary/aromatic N) is 2. The fraction of sp³-hybridized carbons (Fsp3) is 0.383. The number of aliphatic hydroxyl groups excluding tert-OH is 1. The topological polar surface area (TPSA) is 156 Å². The van der Waals surface area contributed by atoms with Crippen molar-refractivity contribution in [2.24, 2.45) is 11.8 Å². The van der Waals surface area contributed by atoms with Crippen molar-refractivity contribution in [3.05, 3.63) is 130 Å². The molecule has 1 saturated heterocycles. The van der Waals surface area contributed by atoms with Crippen molar-refractivity contribution in [1.29, 1.82) is 0 Å². The van der Waals surface area contributed by atoms with E-state index in [1.165, 1.54) is 23.3 Å². The molecular weight excluding hydrogens is 747 g/mol. The number of pyridine rings is 1. The standard InChI is InChI=1S/C47H55N5O7/c1-51(24-22-48-29-43(54)39-15-17-42(53)46-40(39)16-18-44(55)50-46)45(56)21-26-58-25-20-33-13-11-32(12-14-33)19-23-52-30-35-27-37(28-36(35)31-52)59-47(57)49-41-10-6-5-9-38(41)34-7-3-2-4-8-34/h2-18,35-37,43,48,53-54H,19-31H2,1H3,(H,49,57)(H,50,55)/t35-,36?,37+,43+/m1/s1. The summed E-state index contributed by atoms with van der Waals surface area (Å²) in [5.74, 6) is 1.05. The lowest BCUT2D eigenvalue weighted by Gasteiger charge is -2.20. The molecule has 1 unspecified atom stereocenters. The third kappa shape index (κ3) is 11.2. The van der Waals surface area contributed by atoms with Gasteiger partial charge in [-0.05, 0) is 78.0 Å². The molecule has 5 aromatic rings. The highest BCUT2D eigenvalue weighted by atomic mass is 16.6. The fourth-order valence-electron chi connectivity index (χ4n) is 8.44. The van der Waals surface area contributed by atoms with E-state index in [1.807, 2.05) is 54.6 Å². The molecule has 1 aromatic heterocycles. The second-order valence-corrected chi connectivity index (χ2v) is 15.8. The number of H-pyrrole nitrogens is 1. The number of amides is 2. The lowest BCUT2D eigenvalue weighted by molar-refractivity contribution is -0.131. The van der Waals surface area contributed by atoms with Gasteiger partial charge in [-0.2, -0.15) is 0 Å². The van der Waals surface area contributed by atoms with Crippen molar-refractivity contribution in [3.8, 4) is 16.9 Å². The molecule has 2 amide bonds. The SMILES string of the molecule is CN(CCNC[C@H](O)c1ccc(O)c2[nH]c(=O)ccc12)C(=O)CCOCCc1ccc(CCN2CC3C[C@@H](OC(=O)Nc4ccccc4-c4ccccc4)C[C@@H]3C2)cc1. The third-order valence-electron chi connectivity index (χ3n) is 11.7. The monoisotopic (exact) mass is 801 g/mol. The van der Waals surface area contributed by atoms with E-state index in [1.54, 1.807) is 24.1 Å². The summed E-state index contributed by atoms with van der Waals surface area (Å²) >= 11 is 0. The van der Waals surface area contributed by atoms with Crippen LogP contribution in [0.2, 0.25) is 0 Å². The molecule has 1 saturated carbocycles. The maximum absolute atomic E-state index is 12.9. The highest BCUT2D eigenvalue weighted by molar-refractivity contribution is 5.91. The summed E-state index contributed by atoms with van der Waals surface area (Å²) in [5.41, 5.74) is 5.84. The van der Waals surface area contributed by atoms with E-state index in [0.717, 1.165) is 62.1 Å². The van der Waals surface area contributed by atoms with E-state index in [0.29, 0.717) is 61.0 Å². The quantitative estimate of drug-likeness (QED) is 0.0658. The Labute approximate surface area is 345 Å². The molecule has 7 rings (SSSR count). The number of aromatic amines is 1. The van der Waals surface area contributed by atoms with Gasteiger partial charge in [0.15, 0.2) is 0 Å². The molecule has 0 spiro atoms. The first-order valence-electron chi connectivity index (χ1n) is 20.7. The number of rotatable bonds is 18. The van der Waals surface area contributed by atoms with Gasteiger partial charge in [0, 0.05) is 63.3 Å². The molecule has 1 aliphatic carbocycles. The summed E-state index contributed by atoms with van der Waals surface area (Å²) in [6.45, 7) is 5.21. The van der Waals surface area contributed by atoms with Crippen LogP contribution in [0.15, 0.2) is 108 Å². The Morgan fingerprint density at radius 3 is 2.36 bits per heavy atom. The van der Waals surface area contributed by atoms with Gasteiger partial charge in [-0.1, -0.05) is 78.9 Å². The first-order valence-corrected chi connectivity index (χ1v) is 20.7. The number of phenolic OH excluding ortho intramolecular Hbond substituents is 1. The van der Waals surface area contributed by atoms with E-state index in [9.17, 15) is 24.6 Å². The highest BCUT2D eigenvalue weighted by Gasteiger charge is 2.42. The van der Waals surface area contributed by atoms with Crippen LogP contribution >= 0.6 is 0 Å². The molecule has 2 fully saturated rings. The molecule has 59 heavy (non-hydrogen) atoms. The van der Waals surface area contributed by atoms with Gasteiger partial charge >= 0.3 is 6.09 Å². The average Bonchev–Trinajstić information content (AvgIpc) is 3.80. The third-order valence-corrected chi connectivity index (χ3v) is 11.7. The Morgan fingerprint density at radius 1 is 0.881 bits per heavy atom. The maximum Gasteiger partial charge on any atom is 0.411 e. The van der Waals surface area contributed by atoms with Crippen LogP contribution < -0.4 is 16.2 Å². The van der Waals surface area contributed by atoms with Gasteiger partial charge in [-0.25, -0.2) is 4.79 Å². The van der Waals surface area contributed by atoms with Crippen molar-refractivity contribution in [1.82, 2.24) is 20.1 Å². The molecule has 2 heterocycles. The summed E-state index contributed by atoms with van der Waals surface area (Å²) in [5, 5.41) is 27.6. The number of likely N-dealkylation sites (tertiary alicyclic amines) is 1. The van der Waals surface area contributed by atoms with Gasteiger partial charge in [0.2, 0.25) is 11.5 Å². The van der Waals surface area contributed by atoms with Crippen LogP contribution in [0, 0.1) is 11.8 Å². The van der Waals surface area contributed by atoms with E-state index in [2.05, 4.69) is 44.8 Å². The van der Waals surface area contributed by atoms with Crippen molar-refractivity contribution >= 4 is 28.6 Å². The molecular formula is C47H55N5O7. The number of benzene rings is 4. The number of aliphatic hydroxyl groups is 1. The zero-order valence-electron chi connectivity index (χ0n) is 33.6. The number of carbonyl (C=O) groups is 2. The molecule has 4 atom stereocenters. The number of phenols is 1. The molecule has 0 radical (unpaired) electrons. The van der Waals surface area contributed by atoms with Crippen LogP contribution in [0.1, 0.15) is 42.1 Å². The second-order valence-electron chi connectivity index (χ2n) is 15.8. The molecule has 12 nitrogen and oxygen atoms in total. The number of ether oxygens (including phenoxy) is 2. The highest BCUT2D eigenvalue weighted by Crippen LogP contribution is 2.40. The van der Waals surface area contributed by atoms with Crippen LogP contribution in [0.4, 0.5) is 10.5 Å². The first-order chi connectivity index (χ1) is 28.7. The van der Waals surface area contributed by atoms with Crippen molar-refractivity contribution in [2.75, 3.05) is 64.8 Å². The number of hydrogen-bond donors (Lipinski definition) is 5. The molecule has 5 N–H and O–H groups in total. The Hall–Kier alpha value is -5.53. The van der Waals surface area contributed by atoms with Crippen molar-refractivity contribution in [2.45, 2.75) is 44.3 Å². The minimum Gasteiger partial charge on any atom is -0.506 e. The van der Waals surface area contributed by atoms with Crippen LogP contribution in [-0.4, -0.2) is 103 Å². The van der Waals surface area contributed by atoms with Gasteiger partial charge < -0.3 is 39.8 Å². The van der Waals surface area contributed by atoms with Crippen LogP contribution in [0.3, 0.4) is 0 Å². The molecule has 310 valence electrons. The number of fused-ring (bicyclic) bond motifs is 2. The number of hydrogen-bond acceptors (Lipinski definition) is 9. The van der Waals surface area contributed by atoms with E-state index in [4.69, 9.17) is 9.47 Å². The lowest BCUT2D eigenvalue weighted by Crippen LogP contribution is -2.35. The molecule has 1 aliphatic heterocycles. The molecule has 2 aliphatic rings. The zero-order chi connectivity index (χ0) is 41.1. The lowest BCUT2D eigenvalue weighted by atomic mass is 10.0. The first kappa shape index (κ1) is 41.6. The maximum atomic E-state index is 12.9. The number of para-hydroxylation sites is 1. The Bertz CT molecular complexity index is 2220. The van der Waals surface area contributed by atoms with Gasteiger partial charge in [0.05, 0.1) is 36.9 Å². The predicted molar refractivity (Wildman–Crippen MR) is 229 cm³/mol. The average molecular weight is 802 g/mol. The molecule has 4 aromatic carbocycles. The normalized spacial score (nSPS) is 18.1. The zero-order valence-corrected chi connectivity index (χ0v) is 33.6. The Morgan fingerprint density at radius 2 is 1.59 bits per heavy atom. The summed E-state index contributed by atoms with van der Waals surface area (Å²) in [4.78, 5) is 44.0. The van der Waals surface area contributed by atoms with Crippen LogP contribution in [-0.2, 0) is 27.1 Å². The number of nitrogens with one attached hydrogen (secondary N) is 3. The van der Waals surface area contributed by atoms with Crippen LogP contribution in [0.25, 0.3) is 22.0 Å². The van der Waals surface area contributed by atoms with E-state index in [-0.39, 0.29) is 36.0 Å². The van der Waals surface area contributed by atoms with Gasteiger partial charge in [-0.3, -0.25) is 14.9 Å². The Balaban J connectivity index is 0.730. The largest absolute Gasteiger partial charge is 0.506 e. The van der Waals surface area contributed by atoms with Crippen molar-refractivity contribution < 1.29 is 29.3 Å². The number of aromatic nitrogens is 1. The number of anilines is 1. The van der Waals surface area contributed by atoms with Gasteiger partial charge in [0.1, 0.15) is 11.9 Å². The summed E-state index contributed by atoms with van der Waals surface area (Å²) in [7, 11) is 1.75.